The molecule has 1 aromatic heterocycles. The van der Waals surface area contributed by atoms with Crippen LogP contribution in [0.2, 0.25) is 0 Å². The molecular formula is C21H25N3O. The molecule has 3 atom stereocenters. The fraction of sp³-hybridized carbons (Fsp3) is 0.476. The van der Waals surface area contributed by atoms with E-state index in [0.29, 0.717) is 18.0 Å². The molecule has 0 amide bonds. The van der Waals surface area contributed by atoms with E-state index in [1.165, 1.54) is 37.2 Å². The summed E-state index contributed by atoms with van der Waals surface area (Å²) in [5.74, 6) is 2.32. The molecule has 130 valence electrons. The number of aromatic nitrogens is 1. The number of anilines is 1. The summed E-state index contributed by atoms with van der Waals surface area (Å²) in [5, 5.41) is 0. The highest BCUT2D eigenvalue weighted by atomic mass is 16.5. The molecule has 4 aliphatic heterocycles. The number of rotatable bonds is 3. The molecule has 0 aliphatic carbocycles. The topological polar surface area (TPSA) is 28.6 Å². The molecule has 0 spiro atoms. The predicted octanol–water partition coefficient (Wildman–Crippen LogP) is 3.16. The monoisotopic (exact) mass is 335 g/mol. The van der Waals surface area contributed by atoms with E-state index in [1.54, 1.807) is 7.11 Å². The molecule has 0 unspecified atom stereocenters. The number of fused-ring (bicyclic) bond motifs is 2. The normalized spacial score (nSPS) is 33.3. The molecule has 1 aromatic carbocycles. The van der Waals surface area contributed by atoms with Gasteiger partial charge < -0.3 is 9.64 Å². The minimum Gasteiger partial charge on any atom is -0.497 e. The average Bonchev–Trinajstić information content (AvgIpc) is 3.12. The summed E-state index contributed by atoms with van der Waals surface area (Å²) in [5.41, 5.74) is 2.74. The lowest BCUT2D eigenvalue weighted by Crippen LogP contribution is -2.60. The highest BCUT2D eigenvalue weighted by Crippen LogP contribution is 2.48. The van der Waals surface area contributed by atoms with Gasteiger partial charge in [0.15, 0.2) is 0 Å². The van der Waals surface area contributed by atoms with Gasteiger partial charge in [-0.3, -0.25) is 9.88 Å². The van der Waals surface area contributed by atoms with Gasteiger partial charge in [-0.25, -0.2) is 0 Å². The zero-order chi connectivity index (χ0) is 16.8. The highest BCUT2D eigenvalue weighted by molar-refractivity contribution is 5.51. The summed E-state index contributed by atoms with van der Waals surface area (Å²) in [6.07, 6.45) is 6.52. The second-order valence-electron chi connectivity index (χ2n) is 7.60. The number of methoxy groups -OCH3 is 1. The Kier molecular flexibility index (Phi) is 3.66. The van der Waals surface area contributed by atoms with Crippen LogP contribution in [0.3, 0.4) is 0 Å². The summed E-state index contributed by atoms with van der Waals surface area (Å²) in [6, 6.07) is 14.3. The van der Waals surface area contributed by atoms with Crippen LogP contribution in [0.4, 0.5) is 5.69 Å². The van der Waals surface area contributed by atoms with E-state index in [4.69, 9.17) is 4.74 Å². The number of hydrogen-bond donors (Lipinski definition) is 0. The lowest BCUT2D eigenvalue weighted by molar-refractivity contribution is 0.0356. The largest absolute Gasteiger partial charge is 0.497 e. The minimum atomic E-state index is 0.538. The van der Waals surface area contributed by atoms with E-state index in [-0.39, 0.29) is 0 Å². The zero-order valence-corrected chi connectivity index (χ0v) is 14.7. The molecule has 0 N–H and O–H groups in total. The van der Waals surface area contributed by atoms with Crippen LogP contribution in [0.15, 0.2) is 48.8 Å². The molecule has 4 saturated heterocycles. The van der Waals surface area contributed by atoms with E-state index < -0.39 is 0 Å². The Morgan fingerprint density at radius 1 is 1.04 bits per heavy atom. The Morgan fingerprint density at radius 2 is 1.84 bits per heavy atom. The molecule has 2 bridgehead atoms. The van der Waals surface area contributed by atoms with Crippen LogP contribution in [0, 0.1) is 5.92 Å². The van der Waals surface area contributed by atoms with Crippen molar-refractivity contribution in [1.29, 1.82) is 0 Å². The Morgan fingerprint density at radius 3 is 2.60 bits per heavy atom. The smallest absolute Gasteiger partial charge is 0.119 e. The first-order valence-electron chi connectivity index (χ1n) is 9.40. The van der Waals surface area contributed by atoms with Gasteiger partial charge in [0, 0.05) is 42.6 Å². The van der Waals surface area contributed by atoms with Gasteiger partial charge in [-0.15, -0.1) is 0 Å². The average molecular weight is 335 g/mol. The van der Waals surface area contributed by atoms with Gasteiger partial charge in [-0.2, -0.15) is 0 Å². The van der Waals surface area contributed by atoms with Gasteiger partial charge in [0.1, 0.15) is 5.75 Å². The zero-order valence-electron chi connectivity index (χ0n) is 14.7. The molecular weight excluding hydrogens is 310 g/mol. The van der Waals surface area contributed by atoms with Crippen LogP contribution >= 0.6 is 0 Å². The predicted molar refractivity (Wildman–Crippen MR) is 99.2 cm³/mol. The molecule has 4 fully saturated rings. The van der Waals surface area contributed by atoms with Crippen molar-refractivity contribution < 1.29 is 4.74 Å². The number of benzene rings is 1. The molecule has 25 heavy (non-hydrogen) atoms. The fourth-order valence-electron chi connectivity index (χ4n) is 5.41. The van der Waals surface area contributed by atoms with E-state index in [0.717, 1.165) is 18.2 Å². The van der Waals surface area contributed by atoms with Crippen LogP contribution in [0.25, 0.3) is 0 Å². The Hall–Kier alpha value is -2.07. The summed E-state index contributed by atoms with van der Waals surface area (Å²) in [7, 11) is 1.76. The molecule has 4 heteroatoms. The van der Waals surface area contributed by atoms with E-state index in [2.05, 4.69) is 45.1 Å². The van der Waals surface area contributed by atoms with E-state index in [1.807, 2.05) is 18.5 Å². The maximum Gasteiger partial charge on any atom is 0.119 e. The number of nitrogens with zero attached hydrogens (tertiary/aromatic N) is 3. The minimum absolute atomic E-state index is 0.538. The van der Waals surface area contributed by atoms with Gasteiger partial charge >= 0.3 is 0 Å². The third kappa shape index (κ3) is 2.43. The fourth-order valence-corrected chi connectivity index (χ4v) is 5.41. The second-order valence-corrected chi connectivity index (χ2v) is 7.60. The lowest BCUT2D eigenvalue weighted by atomic mass is 9.75. The summed E-state index contributed by atoms with van der Waals surface area (Å²) >= 11 is 0. The summed E-state index contributed by atoms with van der Waals surface area (Å²) < 4.78 is 5.49. The van der Waals surface area contributed by atoms with Crippen molar-refractivity contribution in [3.05, 3.63) is 54.4 Å². The van der Waals surface area contributed by atoms with Crippen LogP contribution in [-0.2, 0) is 0 Å². The first-order valence-corrected chi connectivity index (χ1v) is 9.40. The standard InChI is InChI=1S/C21H25N3O/c1-25-18-4-2-3-16(13-18)19-14-24(17-5-9-22-10-6-17)20-15-7-11-23(12-8-15)21(19)20/h2-6,9-10,13,15,19-21H,7-8,11-12,14H2,1H3/t19-,20-,21-/m1/s1. The molecule has 6 rings (SSSR count). The van der Waals surface area contributed by atoms with Gasteiger partial charge in [0.2, 0.25) is 0 Å². The number of pyridine rings is 1. The Balaban J connectivity index is 1.56. The lowest BCUT2D eigenvalue weighted by Gasteiger charge is -2.51. The van der Waals surface area contributed by atoms with Crippen molar-refractivity contribution in [1.82, 2.24) is 9.88 Å². The molecule has 4 nitrogen and oxygen atoms in total. The third-order valence-corrected chi connectivity index (χ3v) is 6.51. The van der Waals surface area contributed by atoms with Gasteiger partial charge in [-0.1, -0.05) is 12.1 Å². The van der Waals surface area contributed by atoms with Crippen molar-refractivity contribution in [3.63, 3.8) is 0 Å². The summed E-state index contributed by atoms with van der Waals surface area (Å²) in [4.78, 5) is 9.62. The first kappa shape index (κ1) is 15.2. The second kappa shape index (κ2) is 6.03. The van der Waals surface area contributed by atoms with E-state index >= 15 is 0 Å². The van der Waals surface area contributed by atoms with Crippen molar-refractivity contribution in [2.45, 2.75) is 30.8 Å². The molecule has 2 aromatic rings. The summed E-state index contributed by atoms with van der Waals surface area (Å²) in [6.45, 7) is 3.60. The van der Waals surface area contributed by atoms with Crippen molar-refractivity contribution in [2.24, 2.45) is 5.92 Å². The third-order valence-electron chi connectivity index (χ3n) is 6.51. The quantitative estimate of drug-likeness (QED) is 0.861. The highest BCUT2D eigenvalue weighted by Gasteiger charge is 2.53. The van der Waals surface area contributed by atoms with Gasteiger partial charge in [-0.05, 0) is 61.7 Å². The Bertz CT molecular complexity index is 742. The van der Waals surface area contributed by atoms with Crippen LogP contribution < -0.4 is 9.64 Å². The van der Waals surface area contributed by atoms with Crippen molar-refractivity contribution >= 4 is 5.69 Å². The number of ether oxygens (including phenoxy) is 1. The molecule has 4 aliphatic rings. The number of piperidine rings is 3. The maximum absolute atomic E-state index is 5.49. The van der Waals surface area contributed by atoms with Crippen LogP contribution in [-0.4, -0.2) is 48.7 Å². The number of hydrogen-bond acceptors (Lipinski definition) is 4. The molecule has 0 saturated carbocycles. The van der Waals surface area contributed by atoms with Crippen molar-refractivity contribution in [3.8, 4) is 5.75 Å². The first-order chi connectivity index (χ1) is 12.3. The van der Waals surface area contributed by atoms with E-state index in [9.17, 15) is 0 Å². The molecule has 0 radical (unpaired) electrons. The van der Waals surface area contributed by atoms with Crippen LogP contribution in [0.5, 0.6) is 5.75 Å². The Labute approximate surface area is 149 Å². The maximum atomic E-state index is 5.49. The molecule has 5 heterocycles. The van der Waals surface area contributed by atoms with Crippen LogP contribution in [0.1, 0.15) is 24.3 Å². The van der Waals surface area contributed by atoms with Gasteiger partial charge in [0.05, 0.1) is 7.11 Å². The SMILES string of the molecule is COc1cccc([C@H]2CN(c3ccncc3)[C@@H]3C4CCN(CC4)[C@H]23)c1. The van der Waals surface area contributed by atoms with Gasteiger partial charge in [0.25, 0.3) is 0 Å². The van der Waals surface area contributed by atoms with Crippen molar-refractivity contribution in [2.75, 3.05) is 31.6 Å².